The second-order valence-electron chi connectivity index (χ2n) is 8.40. The lowest BCUT2D eigenvalue weighted by molar-refractivity contribution is -0.136. The number of benzene rings is 2. The van der Waals surface area contributed by atoms with Crippen LogP contribution in [0.4, 0.5) is 13.2 Å². The average Bonchev–Trinajstić information content (AvgIpc) is 3.29. The van der Waals surface area contributed by atoms with E-state index < -0.39 is 40.5 Å². The molecule has 5 aromatic rings. The van der Waals surface area contributed by atoms with Gasteiger partial charge in [0, 0.05) is 17.8 Å². The van der Waals surface area contributed by atoms with E-state index in [2.05, 4.69) is 20.4 Å². The lowest BCUT2D eigenvalue weighted by Crippen LogP contribution is -2.29. The van der Waals surface area contributed by atoms with Crippen LogP contribution in [0.15, 0.2) is 71.8 Å². The van der Waals surface area contributed by atoms with Gasteiger partial charge in [-0.25, -0.2) is 9.50 Å². The molecule has 0 aliphatic heterocycles. The van der Waals surface area contributed by atoms with Gasteiger partial charge >= 0.3 is 6.18 Å². The van der Waals surface area contributed by atoms with Crippen LogP contribution in [0.5, 0.6) is 5.88 Å². The fourth-order valence-corrected chi connectivity index (χ4v) is 4.13. The molecule has 0 bridgehead atoms. The highest BCUT2D eigenvalue weighted by Gasteiger charge is 2.41. The molecule has 0 radical (unpaired) electrons. The maximum Gasteiger partial charge on any atom is 0.421 e. The second kappa shape index (κ2) is 9.08. The molecule has 3 aromatic heterocycles. The van der Waals surface area contributed by atoms with Crippen LogP contribution in [0.2, 0.25) is 0 Å². The molecule has 11 heteroatoms. The fourth-order valence-electron chi connectivity index (χ4n) is 4.13. The molecule has 0 fully saturated rings. The topological polar surface area (TPSA) is 101 Å². The number of amides is 1. The van der Waals surface area contributed by atoms with E-state index in [1.54, 1.807) is 31.2 Å². The van der Waals surface area contributed by atoms with Gasteiger partial charge in [0.25, 0.3) is 11.5 Å². The summed E-state index contributed by atoms with van der Waals surface area (Å²) in [6, 6.07) is 15.4. The van der Waals surface area contributed by atoms with Crippen molar-refractivity contribution in [1.82, 2.24) is 24.9 Å². The van der Waals surface area contributed by atoms with E-state index in [9.17, 15) is 22.8 Å². The van der Waals surface area contributed by atoms with Crippen LogP contribution in [0, 0.1) is 0 Å². The zero-order valence-corrected chi connectivity index (χ0v) is 19.6. The third kappa shape index (κ3) is 4.51. The number of aromatic amines is 1. The number of alkyl halides is 3. The van der Waals surface area contributed by atoms with Crippen LogP contribution in [0.3, 0.4) is 0 Å². The summed E-state index contributed by atoms with van der Waals surface area (Å²) in [6.45, 7) is 1.59. The van der Waals surface area contributed by atoms with E-state index in [4.69, 9.17) is 4.74 Å². The van der Waals surface area contributed by atoms with E-state index in [1.807, 2.05) is 30.3 Å². The summed E-state index contributed by atoms with van der Waals surface area (Å²) < 4.78 is 48.0. The molecule has 0 saturated heterocycles. The largest absolute Gasteiger partial charge is 0.481 e. The fraction of sp³-hybridized carbons (Fsp3) is 0.154. The average molecular weight is 507 g/mol. The van der Waals surface area contributed by atoms with Gasteiger partial charge in [-0.2, -0.15) is 18.3 Å². The van der Waals surface area contributed by atoms with Gasteiger partial charge in [0.15, 0.2) is 5.69 Å². The van der Waals surface area contributed by atoms with Gasteiger partial charge in [-0.3, -0.25) is 9.59 Å². The quantitative estimate of drug-likeness (QED) is 0.357. The number of hydrogen-bond donors (Lipinski definition) is 2. The van der Waals surface area contributed by atoms with Gasteiger partial charge < -0.3 is 15.0 Å². The molecule has 37 heavy (non-hydrogen) atoms. The van der Waals surface area contributed by atoms with Crippen molar-refractivity contribution < 1.29 is 22.7 Å². The highest BCUT2D eigenvalue weighted by Crippen LogP contribution is 2.35. The zero-order valence-electron chi connectivity index (χ0n) is 19.6. The molecule has 8 nitrogen and oxygen atoms in total. The maximum absolute atomic E-state index is 14.1. The number of fused-ring (bicyclic) bond motifs is 2. The van der Waals surface area contributed by atoms with Crippen molar-refractivity contribution in [2.75, 3.05) is 7.11 Å². The van der Waals surface area contributed by atoms with Gasteiger partial charge in [0.2, 0.25) is 5.88 Å². The van der Waals surface area contributed by atoms with Gasteiger partial charge in [-0.15, -0.1) is 0 Å². The highest BCUT2D eigenvalue weighted by molar-refractivity contribution is 5.96. The highest BCUT2D eigenvalue weighted by atomic mass is 19.4. The molecule has 0 aliphatic rings. The Morgan fingerprint density at radius 3 is 2.54 bits per heavy atom. The SMILES string of the molecule is COc1ccc([C@@H](C)NC(=O)c2nn3cc(-c4ccc5ccccc5c4)[nH]c(=O)c3c2C(F)(F)F)cn1. The number of carbonyl (C=O) groups is 1. The van der Waals surface area contributed by atoms with Gasteiger partial charge in [0.1, 0.15) is 11.1 Å². The summed E-state index contributed by atoms with van der Waals surface area (Å²) in [4.78, 5) is 32.4. The lowest BCUT2D eigenvalue weighted by Gasteiger charge is -2.14. The number of rotatable bonds is 5. The predicted octanol–water partition coefficient (Wildman–Crippen LogP) is 4.76. The number of carbonyl (C=O) groups excluding carboxylic acids is 1. The molecule has 0 aliphatic carbocycles. The summed E-state index contributed by atoms with van der Waals surface area (Å²) in [5.41, 5.74) is -2.71. The normalized spacial score (nSPS) is 12.6. The first-order valence-corrected chi connectivity index (χ1v) is 11.2. The summed E-state index contributed by atoms with van der Waals surface area (Å²) in [7, 11) is 1.45. The van der Waals surface area contributed by atoms with Crippen molar-refractivity contribution in [3.8, 4) is 17.1 Å². The van der Waals surface area contributed by atoms with Crippen molar-refractivity contribution >= 4 is 22.2 Å². The van der Waals surface area contributed by atoms with Crippen LogP contribution < -0.4 is 15.6 Å². The molecule has 3 heterocycles. The number of pyridine rings is 1. The third-order valence-corrected chi connectivity index (χ3v) is 6.00. The Morgan fingerprint density at radius 2 is 1.86 bits per heavy atom. The molecule has 0 unspecified atom stereocenters. The third-order valence-electron chi connectivity index (χ3n) is 6.00. The maximum atomic E-state index is 14.1. The Hall–Kier alpha value is -4.67. The van der Waals surface area contributed by atoms with E-state index in [0.717, 1.165) is 15.3 Å². The first-order chi connectivity index (χ1) is 17.7. The van der Waals surface area contributed by atoms with E-state index in [-0.39, 0.29) is 5.69 Å². The summed E-state index contributed by atoms with van der Waals surface area (Å²) >= 11 is 0. The van der Waals surface area contributed by atoms with Crippen molar-refractivity contribution in [3.63, 3.8) is 0 Å². The minimum Gasteiger partial charge on any atom is -0.481 e. The molecule has 2 aromatic carbocycles. The van der Waals surface area contributed by atoms with Crippen LogP contribution in [0.1, 0.15) is 34.6 Å². The first-order valence-electron chi connectivity index (χ1n) is 11.2. The molecule has 1 atom stereocenters. The number of hydrogen-bond acceptors (Lipinski definition) is 5. The molecule has 2 N–H and O–H groups in total. The molecule has 188 valence electrons. The van der Waals surface area contributed by atoms with Crippen LogP contribution in [0.25, 0.3) is 27.5 Å². The minimum atomic E-state index is -5.00. The molecule has 1 amide bonds. The zero-order chi connectivity index (χ0) is 26.3. The number of H-pyrrole nitrogens is 1. The standard InChI is InChI=1S/C26H20F3N5O3/c1-14(18-9-10-20(37-2)30-12-18)31-24(35)22-21(26(27,28)29)23-25(36)32-19(13-34(23)33-22)17-8-7-15-5-3-4-6-16(15)11-17/h3-14H,1-2H3,(H,31,35)(H,32,36)/t14-/m1/s1. The Kier molecular flexibility index (Phi) is 5.90. The van der Waals surface area contributed by atoms with E-state index in [0.29, 0.717) is 17.0 Å². The number of halogens is 3. The van der Waals surface area contributed by atoms with Crippen LogP contribution in [-0.4, -0.2) is 32.6 Å². The number of nitrogens with zero attached hydrogens (tertiary/aromatic N) is 3. The van der Waals surface area contributed by atoms with Crippen molar-refractivity contribution in [1.29, 1.82) is 0 Å². The van der Waals surface area contributed by atoms with Gasteiger partial charge in [-0.05, 0) is 29.3 Å². The van der Waals surface area contributed by atoms with Gasteiger partial charge in [0.05, 0.1) is 25.0 Å². The predicted molar refractivity (Wildman–Crippen MR) is 130 cm³/mol. The number of aromatic nitrogens is 4. The smallest absolute Gasteiger partial charge is 0.421 e. The summed E-state index contributed by atoms with van der Waals surface area (Å²) in [5, 5.41) is 8.25. The summed E-state index contributed by atoms with van der Waals surface area (Å²) in [5.74, 6) is -0.727. The molecule has 0 spiro atoms. The monoisotopic (exact) mass is 507 g/mol. The Balaban J connectivity index is 1.56. The van der Waals surface area contributed by atoms with E-state index >= 15 is 0 Å². The Labute approximate surface area is 207 Å². The molecule has 0 saturated carbocycles. The number of ether oxygens (including phenoxy) is 1. The molecular weight excluding hydrogens is 487 g/mol. The Morgan fingerprint density at radius 1 is 1.11 bits per heavy atom. The molecular formula is C26H20F3N5O3. The number of nitrogens with one attached hydrogen (secondary N) is 2. The van der Waals surface area contributed by atoms with E-state index in [1.165, 1.54) is 19.5 Å². The van der Waals surface area contributed by atoms with Crippen LogP contribution in [-0.2, 0) is 6.18 Å². The van der Waals surface area contributed by atoms with Crippen molar-refractivity contribution in [3.05, 3.63) is 94.2 Å². The minimum absolute atomic E-state index is 0.254. The van der Waals surface area contributed by atoms with Gasteiger partial charge in [-0.1, -0.05) is 42.5 Å². The van der Waals surface area contributed by atoms with Crippen molar-refractivity contribution in [2.24, 2.45) is 0 Å². The first kappa shape index (κ1) is 24.0. The second-order valence-corrected chi connectivity index (χ2v) is 8.40. The molecule has 5 rings (SSSR count). The Bertz CT molecular complexity index is 1690. The van der Waals surface area contributed by atoms with Crippen LogP contribution >= 0.6 is 0 Å². The summed E-state index contributed by atoms with van der Waals surface area (Å²) in [6.07, 6.45) is -2.29. The lowest BCUT2D eigenvalue weighted by atomic mass is 10.1. The number of methoxy groups -OCH3 is 1. The van der Waals surface area contributed by atoms with Crippen molar-refractivity contribution in [2.45, 2.75) is 19.1 Å².